The van der Waals surface area contributed by atoms with Crippen LogP contribution in [0.3, 0.4) is 0 Å². The predicted octanol–water partition coefficient (Wildman–Crippen LogP) is 3.48. The van der Waals surface area contributed by atoms with E-state index in [1.54, 1.807) is 32.9 Å². The van der Waals surface area contributed by atoms with Gasteiger partial charge in [0.1, 0.15) is 11.3 Å². The second-order valence-electron chi connectivity index (χ2n) is 7.90. The number of amides is 1. The summed E-state index contributed by atoms with van der Waals surface area (Å²) in [5, 5.41) is 13.3. The number of ketones is 1. The Balaban J connectivity index is 1.92. The molecule has 0 bridgehead atoms. The highest BCUT2D eigenvalue weighted by Crippen LogP contribution is 2.35. The van der Waals surface area contributed by atoms with Gasteiger partial charge in [-0.15, -0.1) is 0 Å². The van der Waals surface area contributed by atoms with Crippen molar-refractivity contribution in [2.24, 2.45) is 0 Å². The second-order valence-corrected chi connectivity index (χ2v) is 7.90. The molecule has 6 nitrogen and oxygen atoms in total. The molecule has 2 N–H and O–H groups in total. The quantitative estimate of drug-likeness (QED) is 0.598. The van der Waals surface area contributed by atoms with Gasteiger partial charge in [-0.3, -0.25) is 4.79 Å². The van der Waals surface area contributed by atoms with Gasteiger partial charge in [-0.1, -0.05) is 12.1 Å². The molecule has 1 fully saturated rings. The van der Waals surface area contributed by atoms with Crippen molar-refractivity contribution in [1.29, 1.82) is 0 Å². The number of carbonyl (C=O) groups excluding carboxylic acids is 2. The maximum absolute atomic E-state index is 12.4. The lowest BCUT2D eigenvalue weighted by molar-refractivity contribution is 0.0487. The number of ether oxygens (including phenoxy) is 1. The largest absolute Gasteiger partial charge is 0.444 e. The molecule has 1 aliphatic carbocycles. The molecular weight excluding hydrogens is 332 g/mol. The summed E-state index contributed by atoms with van der Waals surface area (Å²) in [4.78, 5) is 25.9. The standard InChI is InChI=1S/C20H30N2O4/c1-19(2,3)26-18(24)21-13-10-17(23)15-8-7-9-16(14-15)22(4)20(25)11-5-6-12-20/h7-9,14,25H,5-6,10-13H2,1-4H3,(H,21,24). The lowest BCUT2D eigenvalue weighted by Crippen LogP contribution is -2.44. The fourth-order valence-electron chi connectivity index (χ4n) is 3.14. The van der Waals surface area contributed by atoms with Crippen molar-refractivity contribution in [3.63, 3.8) is 0 Å². The van der Waals surface area contributed by atoms with Crippen molar-refractivity contribution >= 4 is 17.6 Å². The van der Waals surface area contributed by atoms with Crippen molar-refractivity contribution in [2.45, 2.75) is 64.2 Å². The van der Waals surface area contributed by atoms with Crippen LogP contribution >= 0.6 is 0 Å². The maximum atomic E-state index is 12.4. The fraction of sp³-hybridized carbons (Fsp3) is 0.600. The van der Waals surface area contributed by atoms with E-state index in [0.29, 0.717) is 5.56 Å². The molecular formula is C20H30N2O4. The number of alkyl carbamates (subject to hydrolysis) is 1. The normalized spacial score (nSPS) is 16.2. The van der Waals surface area contributed by atoms with E-state index in [1.165, 1.54) is 0 Å². The zero-order chi connectivity index (χ0) is 19.4. The van der Waals surface area contributed by atoms with Gasteiger partial charge in [-0.2, -0.15) is 0 Å². The first kappa shape index (κ1) is 20.2. The zero-order valence-electron chi connectivity index (χ0n) is 16.2. The molecule has 1 amide bonds. The molecule has 26 heavy (non-hydrogen) atoms. The molecule has 0 saturated heterocycles. The third-order valence-electron chi connectivity index (χ3n) is 4.60. The average Bonchev–Trinajstić information content (AvgIpc) is 3.00. The molecule has 144 valence electrons. The Hall–Kier alpha value is -2.08. The molecule has 1 aromatic rings. The highest BCUT2D eigenvalue weighted by Gasteiger charge is 2.35. The number of Topliss-reactive ketones (excluding diaryl/α,β-unsaturated/α-hetero) is 1. The molecule has 2 rings (SSSR count). The summed E-state index contributed by atoms with van der Waals surface area (Å²) < 4.78 is 5.15. The Kier molecular flexibility index (Phi) is 6.29. The molecule has 0 aliphatic heterocycles. The maximum Gasteiger partial charge on any atom is 0.407 e. The summed E-state index contributed by atoms with van der Waals surface area (Å²) in [7, 11) is 1.86. The lowest BCUT2D eigenvalue weighted by atomic mass is 10.1. The van der Waals surface area contributed by atoms with Crippen LogP contribution in [-0.2, 0) is 4.74 Å². The van der Waals surface area contributed by atoms with Crippen molar-refractivity contribution in [3.8, 4) is 0 Å². The minimum Gasteiger partial charge on any atom is -0.444 e. The topological polar surface area (TPSA) is 78.9 Å². The third kappa shape index (κ3) is 5.46. The van der Waals surface area contributed by atoms with Crippen LogP contribution in [0.1, 0.15) is 63.2 Å². The number of benzene rings is 1. The third-order valence-corrected chi connectivity index (χ3v) is 4.60. The van der Waals surface area contributed by atoms with Gasteiger partial charge < -0.3 is 20.1 Å². The first-order valence-electron chi connectivity index (χ1n) is 9.17. The number of nitrogens with one attached hydrogen (secondary N) is 1. The van der Waals surface area contributed by atoms with E-state index in [9.17, 15) is 14.7 Å². The van der Waals surface area contributed by atoms with Crippen LogP contribution in [-0.4, -0.2) is 41.9 Å². The molecule has 6 heteroatoms. The molecule has 0 aromatic heterocycles. The highest BCUT2D eigenvalue weighted by atomic mass is 16.6. The van der Waals surface area contributed by atoms with E-state index in [2.05, 4.69) is 5.32 Å². The number of carbonyl (C=O) groups is 2. The monoisotopic (exact) mass is 362 g/mol. The van der Waals surface area contributed by atoms with Gasteiger partial charge in [0, 0.05) is 31.3 Å². The average molecular weight is 362 g/mol. The van der Waals surface area contributed by atoms with Crippen LogP contribution in [0.15, 0.2) is 24.3 Å². The van der Waals surface area contributed by atoms with Crippen molar-refractivity contribution < 1.29 is 19.4 Å². The van der Waals surface area contributed by atoms with Gasteiger partial charge in [0.25, 0.3) is 0 Å². The fourth-order valence-corrected chi connectivity index (χ4v) is 3.14. The van der Waals surface area contributed by atoms with Crippen LogP contribution in [0.25, 0.3) is 0 Å². The Morgan fingerprint density at radius 1 is 1.27 bits per heavy atom. The summed E-state index contributed by atoms with van der Waals surface area (Å²) in [6.45, 7) is 5.59. The summed E-state index contributed by atoms with van der Waals surface area (Å²) in [6, 6.07) is 7.27. The van der Waals surface area contributed by atoms with Crippen LogP contribution in [0.5, 0.6) is 0 Å². The van der Waals surface area contributed by atoms with Gasteiger partial charge >= 0.3 is 6.09 Å². The van der Waals surface area contributed by atoms with E-state index >= 15 is 0 Å². The Bertz CT molecular complexity index is 645. The molecule has 0 heterocycles. The van der Waals surface area contributed by atoms with Gasteiger partial charge in [0.15, 0.2) is 5.78 Å². The summed E-state index contributed by atoms with van der Waals surface area (Å²) in [5.41, 5.74) is -0.00439. The van der Waals surface area contributed by atoms with Crippen molar-refractivity contribution in [2.75, 3.05) is 18.5 Å². The molecule has 1 aliphatic rings. The van der Waals surface area contributed by atoms with Gasteiger partial charge in [-0.25, -0.2) is 4.79 Å². The van der Waals surface area contributed by atoms with E-state index in [1.807, 2.05) is 24.1 Å². The van der Waals surface area contributed by atoms with Gasteiger partial charge in [0.05, 0.1) is 0 Å². The number of hydrogen-bond donors (Lipinski definition) is 2. The first-order chi connectivity index (χ1) is 12.1. The number of anilines is 1. The molecule has 0 radical (unpaired) electrons. The Morgan fingerprint density at radius 3 is 2.54 bits per heavy atom. The van der Waals surface area contributed by atoms with Gasteiger partial charge in [-0.05, 0) is 58.6 Å². The minimum absolute atomic E-state index is 0.0604. The van der Waals surface area contributed by atoms with E-state index in [-0.39, 0.29) is 18.7 Å². The molecule has 1 saturated carbocycles. The summed E-state index contributed by atoms with van der Waals surface area (Å²) in [6.07, 6.45) is 3.16. The van der Waals surface area contributed by atoms with E-state index in [4.69, 9.17) is 4.74 Å². The predicted molar refractivity (Wildman–Crippen MR) is 101 cm³/mol. The highest BCUT2D eigenvalue weighted by molar-refractivity contribution is 5.97. The Morgan fingerprint density at radius 2 is 1.92 bits per heavy atom. The second kappa shape index (κ2) is 8.08. The number of rotatable bonds is 6. The lowest BCUT2D eigenvalue weighted by Gasteiger charge is -2.35. The first-order valence-corrected chi connectivity index (χ1v) is 9.17. The van der Waals surface area contributed by atoms with Crippen LogP contribution < -0.4 is 10.2 Å². The smallest absolute Gasteiger partial charge is 0.407 e. The molecule has 1 aromatic carbocycles. The number of aliphatic hydroxyl groups is 1. The summed E-state index contributed by atoms with van der Waals surface area (Å²) in [5.74, 6) is -0.0604. The molecule has 0 unspecified atom stereocenters. The van der Waals surface area contributed by atoms with Crippen LogP contribution in [0.2, 0.25) is 0 Å². The van der Waals surface area contributed by atoms with E-state index < -0.39 is 17.4 Å². The van der Waals surface area contributed by atoms with Crippen molar-refractivity contribution in [1.82, 2.24) is 5.32 Å². The molecule has 0 atom stereocenters. The van der Waals surface area contributed by atoms with Crippen LogP contribution in [0, 0.1) is 0 Å². The van der Waals surface area contributed by atoms with Crippen LogP contribution in [0.4, 0.5) is 10.5 Å². The Labute approximate surface area is 155 Å². The number of nitrogens with zero attached hydrogens (tertiary/aromatic N) is 1. The van der Waals surface area contributed by atoms with E-state index in [0.717, 1.165) is 31.4 Å². The van der Waals surface area contributed by atoms with Crippen molar-refractivity contribution in [3.05, 3.63) is 29.8 Å². The molecule has 0 spiro atoms. The van der Waals surface area contributed by atoms with Gasteiger partial charge in [0.2, 0.25) is 0 Å². The number of hydrogen-bond acceptors (Lipinski definition) is 5. The SMILES string of the molecule is CN(c1cccc(C(=O)CCNC(=O)OC(C)(C)C)c1)C1(O)CCCC1. The zero-order valence-corrected chi connectivity index (χ0v) is 16.2. The minimum atomic E-state index is -0.833. The summed E-state index contributed by atoms with van der Waals surface area (Å²) >= 11 is 0.